The second-order valence-corrected chi connectivity index (χ2v) is 6.67. The van der Waals surface area contributed by atoms with E-state index in [-0.39, 0.29) is 11.8 Å². The summed E-state index contributed by atoms with van der Waals surface area (Å²) >= 11 is 1.24. The van der Waals surface area contributed by atoms with E-state index < -0.39 is 5.97 Å². The van der Waals surface area contributed by atoms with Gasteiger partial charge in [0.15, 0.2) is 5.16 Å². The first-order valence-corrected chi connectivity index (χ1v) is 7.11. The van der Waals surface area contributed by atoms with Gasteiger partial charge in [0.2, 0.25) is 0 Å². The summed E-state index contributed by atoms with van der Waals surface area (Å²) in [6.07, 6.45) is 1.13. The zero-order valence-electron chi connectivity index (χ0n) is 11.2. The Kier molecular flexibility index (Phi) is 3.40. The van der Waals surface area contributed by atoms with Gasteiger partial charge in [0, 0.05) is 12.0 Å². The van der Waals surface area contributed by atoms with Crippen LogP contribution < -0.4 is 0 Å². The van der Waals surface area contributed by atoms with Crippen LogP contribution in [0, 0.1) is 5.41 Å². The van der Waals surface area contributed by atoms with Gasteiger partial charge in [-0.05, 0) is 25.7 Å². The third kappa shape index (κ3) is 2.53. The predicted molar refractivity (Wildman–Crippen MR) is 69.9 cm³/mol. The van der Waals surface area contributed by atoms with Crippen LogP contribution in [0.25, 0.3) is 0 Å². The number of carboxylic acids is 1. The summed E-state index contributed by atoms with van der Waals surface area (Å²) in [7, 11) is 0. The van der Waals surface area contributed by atoms with Gasteiger partial charge >= 0.3 is 5.97 Å². The quantitative estimate of drug-likeness (QED) is 0.832. The lowest BCUT2D eigenvalue weighted by atomic mass is 10.1. The SMILES string of the molecule is CC(C)n1c(SCC(=O)O)nnc1C1CC1(C)C. The number of rotatable bonds is 5. The molecule has 1 saturated carbocycles. The Morgan fingerprint density at radius 1 is 1.56 bits per heavy atom. The standard InChI is InChI=1S/C12H19N3O2S/c1-7(2)15-10(8-5-12(8,3)4)13-14-11(15)18-6-9(16)17/h7-8H,5-6H2,1-4H3,(H,16,17). The number of hydrogen-bond donors (Lipinski definition) is 1. The lowest BCUT2D eigenvalue weighted by Crippen LogP contribution is -2.09. The van der Waals surface area contributed by atoms with Crippen molar-refractivity contribution < 1.29 is 9.90 Å². The molecule has 1 fully saturated rings. The highest BCUT2D eigenvalue weighted by atomic mass is 32.2. The Morgan fingerprint density at radius 3 is 2.61 bits per heavy atom. The van der Waals surface area contributed by atoms with Crippen molar-refractivity contribution in [1.29, 1.82) is 0 Å². The first-order valence-electron chi connectivity index (χ1n) is 6.12. The predicted octanol–water partition coefficient (Wildman–Crippen LogP) is 2.55. The van der Waals surface area contributed by atoms with Crippen molar-refractivity contribution in [2.45, 2.75) is 51.2 Å². The molecule has 1 aromatic heterocycles. The molecule has 0 spiro atoms. The van der Waals surface area contributed by atoms with E-state index in [9.17, 15) is 4.79 Å². The van der Waals surface area contributed by atoms with Crippen LogP contribution in [-0.4, -0.2) is 31.6 Å². The second kappa shape index (κ2) is 4.57. The molecule has 5 nitrogen and oxygen atoms in total. The van der Waals surface area contributed by atoms with Crippen molar-refractivity contribution in [3.8, 4) is 0 Å². The summed E-state index contributed by atoms with van der Waals surface area (Å²) < 4.78 is 2.08. The molecule has 0 amide bonds. The fraction of sp³-hybridized carbons (Fsp3) is 0.750. The van der Waals surface area contributed by atoms with Gasteiger partial charge in [-0.3, -0.25) is 4.79 Å². The molecule has 2 rings (SSSR count). The van der Waals surface area contributed by atoms with Gasteiger partial charge in [-0.25, -0.2) is 0 Å². The highest BCUT2D eigenvalue weighted by Crippen LogP contribution is 2.58. The molecule has 1 heterocycles. The molecule has 18 heavy (non-hydrogen) atoms. The maximum absolute atomic E-state index is 10.6. The van der Waals surface area contributed by atoms with Crippen molar-refractivity contribution in [3.05, 3.63) is 5.82 Å². The molecular weight excluding hydrogens is 250 g/mol. The van der Waals surface area contributed by atoms with E-state index >= 15 is 0 Å². The van der Waals surface area contributed by atoms with Gasteiger partial charge in [0.1, 0.15) is 5.82 Å². The molecule has 0 bridgehead atoms. The molecule has 1 aliphatic carbocycles. The first-order chi connectivity index (χ1) is 8.33. The lowest BCUT2D eigenvalue weighted by Gasteiger charge is -2.14. The lowest BCUT2D eigenvalue weighted by molar-refractivity contribution is -0.133. The minimum atomic E-state index is -0.827. The highest BCUT2D eigenvalue weighted by Gasteiger charge is 2.50. The van der Waals surface area contributed by atoms with Crippen molar-refractivity contribution in [3.63, 3.8) is 0 Å². The van der Waals surface area contributed by atoms with E-state index in [2.05, 4.69) is 42.5 Å². The average Bonchev–Trinajstić information content (AvgIpc) is 2.73. The third-order valence-electron chi connectivity index (χ3n) is 3.36. The monoisotopic (exact) mass is 269 g/mol. The maximum Gasteiger partial charge on any atom is 0.313 e. The first kappa shape index (κ1) is 13.4. The van der Waals surface area contributed by atoms with Crippen LogP contribution in [0.15, 0.2) is 5.16 Å². The number of nitrogens with zero attached hydrogens (tertiary/aromatic N) is 3. The number of aliphatic carboxylic acids is 1. The van der Waals surface area contributed by atoms with E-state index in [0.29, 0.717) is 16.5 Å². The number of carbonyl (C=O) groups is 1. The Bertz CT molecular complexity index is 468. The number of carboxylic acid groups (broad SMARTS) is 1. The van der Waals surface area contributed by atoms with Gasteiger partial charge in [0.25, 0.3) is 0 Å². The van der Waals surface area contributed by atoms with Crippen LogP contribution in [0.2, 0.25) is 0 Å². The van der Waals surface area contributed by atoms with Gasteiger partial charge in [-0.15, -0.1) is 10.2 Å². The van der Waals surface area contributed by atoms with Crippen molar-refractivity contribution in [2.75, 3.05) is 5.75 Å². The molecule has 1 atom stereocenters. The van der Waals surface area contributed by atoms with E-state index in [1.807, 2.05) is 0 Å². The molecule has 1 unspecified atom stereocenters. The van der Waals surface area contributed by atoms with E-state index in [1.165, 1.54) is 11.8 Å². The molecule has 1 aromatic rings. The number of aromatic nitrogens is 3. The Morgan fingerprint density at radius 2 is 2.17 bits per heavy atom. The topological polar surface area (TPSA) is 68.0 Å². The minimum Gasteiger partial charge on any atom is -0.481 e. The van der Waals surface area contributed by atoms with Gasteiger partial charge in [-0.2, -0.15) is 0 Å². The molecule has 6 heteroatoms. The largest absolute Gasteiger partial charge is 0.481 e. The zero-order chi connectivity index (χ0) is 13.5. The Hall–Kier alpha value is -1.04. The zero-order valence-corrected chi connectivity index (χ0v) is 12.0. The molecule has 1 N–H and O–H groups in total. The minimum absolute atomic E-state index is 0.0267. The van der Waals surface area contributed by atoms with E-state index in [4.69, 9.17) is 5.11 Å². The number of thioether (sulfide) groups is 1. The summed E-state index contributed by atoms with van der Waals surface area (Å²) in [5.41, 5.74) is 0.300. The van der Waals surface area contributed by atoms with Crippen molar-refractivity contribution in [2.24, 2.45) is 5.41 Å². The Balaban J connectivity index is 2.24. The summed E-state index contributed by atoms with van der Waals surface area (Å²) in [5.74, 6) is 0.653. The molecule has 100 valence electrons. The summed E-state index contributed by atoms with van der Waals surface area (Å²) in [4.78, 5) is 10.6. The van der Waals surface area contributed by atoms with E-state index in [1.54, 1.807) is 0 Å². The molecule has 0 saturated heterocycles. The van der Waals surface area contributed by atoms with Crippen molar-refractivity contribution >= 4 is 17.7 Å². The van der Waals surface area contributed by atoms with Crippen LogP contribution in [0.1, 0.15) is 51.9 Å². The molecule has 0 radical (unpaired) electrons. The third-order valence-corrected chi connectivity index (χ3v) is 4.28. The number of hydrogen-bond acceptors (Lipinski definition) is 4. The van der Waals surface area contributed by atoms with Crippen LogP contribution in [0.3, 0.4) is 0 Å². The normalized spacial score (nSPS) is 21.3. The average molecular weight is 269 g/mol. The van der Waals surface area contributed by atoms with Crippen LogP contribution in [0.5, 0.6) is 0 Å². The smallest absolute Gasteiger partial charge is 0.313 e. The van der Waals surface area contributed by atoms with Gasteiger partial charge in [-0.1, -0.05) is 25.6 Å². The summed E-state index contributed by atoms with van der Waals surface area (Å²) in [6, 6.07) is 0.252. The summed E-state index contributed by atoms with van der Waals surface area (Å²) in [5, 5.41) is 17.9. The Labute approximate surface area is 111 Å². The summed E-state index contributed by atoms with van der Waals surface area (Å²) in [6.45, 7) is 8.60. The van der Waals surface area contributed by atoms with Crippen LogP contribution in [-0.2, 0) is 4.79 Å². The fourth-order valence-electron chi connectivity index (χ4n) is 2.14. The highest BCUT2D eigenvalue weighted by molar-refractivity contribution is 7.99. The van der Waals surface area contributed by atoms with Crippen molar-refractivity contribution in [1.82, 2.24) is 14.8 Å². The molecule has 0 aliphatic heterocycles. The van der Waals surface area contributed by atoms with Gasteiger partial charge in [0.05, 0.1) is 5.75 Å². The molecule has 0 aromatic carbocycles. The molecule has 1 aliphatic rings. The molecular formula is C12H19N3O2S. The van der Waals surface area contributed by atoms with Crippen LogP contribution in [0.4, 0.5) is 0 Å². The van der Waals surface area contributed by atoms with Gasteiger partial charge < -0.3 is 9.67 Å². The van der Waals surface area contributed by atoms with Crippen LogP contribution >= 0.6 is 11.8 Å². The second-order valence-electron chi connectivity index (χ2n) is 5.73. The fourth-order valence-corrected chi connectivity index (χ4v) is 2.94. The van der Waals surface area contributed by atoms with E-state index in [0.717, 1.165) is 12.2 Å². The maximum atomic E-state index is 10.6.